The zero-order valence-corrected chi connectivity index (χ0v) is 13.7. The molecule has 3 heterocycles. The number of aromatic nitrogens is 3. The molecule has 0 unspecified atom stereocenters. The highest BCUT2D eigenvalue weighted by Gasteiger charge is 2.25. The average Bonchev–Trinajstić information content (AvgIpc) is 3.11. The molecule has 2 aromatic heterocycles. The number of hydrogen-bond donors (Lipinski definition) is 0. The molecule has 4 rings (SSSR count). The highest BCUT2D eigenvalue weighted by atomic mass is 16.5. The van der Waals surface area contributed by atoms with E-state index in [1.807, 2.05) is 42.6 Å². The quantitative estimate of drug-likeness (QED) is 0.735. The molecule has 0 fully saturated rings. The first-order valence-electron chi connectivity index (χ1n) is 7.88. The first-order chi connectivity index (χ1) is 12.3. The number of ether oxygens (including phenoxy) is 1. The van der Waals surface area contributed by atoms with Gasteiger partial charge in [-0.25, -0.2) is 15.0 Å². The summed E-state index contributed by atoms with van der Waals surface area (Å²) < 4.78 is 5.20. The molecular formula is C19H15N5O. The van der Waals surface area contributed by atoms with Crippen LogP contribution in [0.2, 0.25) is 0 Å². The molecule has 1 aliphatic heterocycles. The van der Waals surface area contributed by atoms with E-state index in [0.717, 1.165) is 22.5 Å². The molecule has 122 valence electrons. The third kappa shape index (κ3) is 2.66. The van der Waals surface area contributed by atoms with Gasteiger partial charge in [0.2, 0.25) is 5.88 Å². The van der Waals surface area contributed by atoms with Crippen molar-refractivity contribution in [1.29, 1.82) is 5.26 Å². The van der Waals surface area contributed by atoms with Crippen LogP contribution in [0.5, 0.6) is 5.88 Å². The molecule has 0 spiro atoms. The predicted octanol–water partition coefficient (Wildman–Crippen LogP) is 2.94. The zero-order valence-electron chi connectivity index (χ0n) is 13.7. The molecule has 1 aromatic carbocycles. The Hall–Kier alpha value is -3.46. The molecule has 0 radical (unpaired) electrons. The van der Waals surface area contributed by atoms with Gasteiger partial charge in [0, 0.05) is 30.1 Å². The lowest BCUT2D eigenvalue weighted by molar-refractivity contribution is 0.396. The van der Waals surface area contributed by atoms with Gasteiger partial charge in [0.15, 0.2) is 5.82 Å². The van der Waals surface area contributed by atoms with Crippen molar-refractivity contribution in [3.63, 3.8) is 0 Å². The lowest BCUT2D eigenvalue weighted by Gasteiger charge is -2.19. The first kappa shape index (κ1) is 15.1. The highest BCUT2D eigenvalue weighted by molar-refractivity contribution is 5.64. The van der Waals surface area contributed by atoms with E-state index in [1.165, 1.54) is 7.11 Å². The lowest BCUT2D eigenvalue weighted by Crippen LogP contribution is -2.16. The van der Waals surface area contributed by atoms with Crippen LogP contribution in [0.4, 0.5) is 5.69 Å². The van der Waals surface area contributed by atoms with Crippen molar-refractivity contribution in [3.05, 3.63) is 65.6 Å². The van der Waals surface area contributed by atoms with E-state index in [2.05, 4.69) is 20.9 Å². The molecule has 25 heavy (non-hydrogen) atoms. The van der Waals surface area contributed by atoms with Crippen LogP contribution in [0, 0.1) is 11.3 Å². The topological polar surface area (TPSA) is 74.9 Å². The number of nitrogens with zero attached hydrogens (tertiary/aromatic N) is 5. The van der Waals surface area contributed by atoms with Crippen molar-refractivity contribution in [2.75, 3.05) is 12.0 Å². The molecule has 0 saturated carbocycles. The van der Waals surface area contributed by atoms with Crippen molar-refractivity contribution in [2.24, 2.45) is 0 Å². The normalized spacial score (nSPS) is 12.6. The number of fused-ring (bicyclic) bond motifs is 1. The van der Waals surface area contributed by atoms with E-state index in [-0.39, 0.29) is 0 Å². The number of anilines is 1. The van der Waals surface area contributed by atoms with Crippen LogP contribution < -0.4 is 9.64 Å². The van der Waals surface area contributed by atoms with Crippen molar-refractivity contribution in [3.8, 4) is 23.3 Å². The maximum absolute atomic E-state index is 9.48. The predicted molar refractivity (Wildman–Crippen MR) is 92.9 cm³/mol. The second kappa shape index (κ2) is 6.21. The fourth-order valence-corrected chi connectivity index (χ4v) is 3.01. The number of rotatable bonds is 3. The van der Waals surface area contributed by atoms with E-state index in [1.54, 1.807) is 6.20 Å². The SMILES string of the molecule is COc1nccc(N2Cc3cnc(-c4ccccc4)nc3C2)c1C#N. The largest absolute Gasteiger partial charge is 0.480 e. The maximum atomic E-state index is 9.48. The van der Waals surface area contributed by atoms with E-state index < -0.39 is 0 Å². The Morgan fingerprint density at radius 2 is 1.96 bits per heavy atom. The first-order valence-corrected chi connectivity index (χ1v) is 7.88. The molecule has 0 bridgehead atoms. The molecule has 0 atom stereocenters. The lowest BCUT2D eigenvalue weighted by atomic mass is 10.2. The molecule has 0 aliphatic carbocycles. The van der Waals surface area contributed by atoms with Gasteiger partial charge in [-0.1, -0.05) is 30.3 Å². The van der Waals surface area contributed by atoms with Gasteiger partial charge in [-0.15, -0.1) is 0 Å². The Labute approximate surface area is 145 Å². The minimum atomic E-state index is 0.340. The molecule has 0 amide bonds. The fraction of sp³-hybridized carbons (Fsp3) is 0.158. The van der Waals surface area contributed by atoms with Crippen LogP contribution in [0.15, 0.2) is 48.8 Å². The summed E-state index contributed by atoms with van der Waals surface area (Å²) in [4.78, 5) is 15.4. The number of benzene rings is 1. The van der Waals surface area contributed by atoms with Crippen molar-refractivity contribution >= 4 is 5.69 Å². The van der Waals surface area contributed by atoms with Gasteiger partial charge >= 0.3 is 0 Å². The molecule has 0 N–H and O–H groups in total. The Kier molecular flexibility index (Phi) is 3.75. The second-order valence-electron chi connectivity index (χ2n) is 5.71. The highest BCUT2D eigenvalue weighted by Crippen LogP contribution is 2.33. The van der Waals surface area contributed by atoms with E-state index in [4.69, 9.17) is 9.72 Å². The summed E-state index contributed by atoms with van der Waals surface area (Å²) >= 11 is 0. The van der Waals surface area contributed by atoms with Crippen LogP contribution in [0.25, 0.3) is 11.4 Å². The smallest absolute Gasteiger partial charge is 0.233 e. The van der Waals surface area contributed by atoms with Crippen LogP contribution in [-0.2, 0) is 13.1 Å². The fourth-order valence-electron chi connectivity index (χ4n) is 3.01. The molecule has 3 aromatic rings. The van der Waals surface area contributed by atoms with Gasteiger partial charge in [-0.05, 0) is 6.07 Å². The van der Waals surface area contributed by atoms with Gasteiger partial charge in [-0.2, -0.15) is 5.26 Å². The summed E-state index contributed by atoms with van der Waals surface area (Å²) in [6.45, 7) is 1.28. The van der Waals surface area contributed by atoms with Crippen LogP contribution in [-0.4, -0.2) is 22.1 Å². The third-order valence-electron chi connectivity index (χ3n) is 4.23. The van der Waals surface area contributed by atoms with Gasteiger partial charge in [0.1, 0.15) is 11.6 Å². The van der Waals surface area contributed by atoms with Crippen molar-refractivity contribution in [1.82, 2.24) is 15.0 Å². The summed E-state index contributed by atoms with van der Waals surface area (Å²) in [7, 11) is 1.52. The summed E-state index contributed by atoms with van der Waals surface area (Å²) in [5.41, 5.74) is 4.28. The number of pyridine rings is 1. The Bertz CT molecular complexity index is 965. The van der Waals surface area contributed by atoms with Crippen molar-refractivity contribution in [2.45, 2.75) is 13.1 Å². The minimum Gasteiger partial charge on any atom is -0.480 e. The molecule has 6 nitrogen and oxygen atoms in total. The Morgan fingerprint density at radius 3 is 2.72 bits per heavy atom. The Morgan fingerprint density at radius 1 is 1.12 bits per heavy atom. The van der Waals surface area contributed by atoms with Crippen LogP contribution in [0.3, 0.4) is 0 Å². The summed E-state index contributed by atoms with van der Waals surface area (Å²) in [5.74, 6) is 1.06. The monoisotopic (exact) mass is 329 g/mol. The van der Waals surface area contributed by atoms with Gasteiger partial charge in [-0.3, -0.25) is 0 Å². The van der Waals surface area contributed by atoms with Gasteiger partial charge < -0.3 is 9.64 Å². The van der Waals surface area contributed by atoms with E-state index >= 15 is 0 Å². The van der Waals surface area contributed by atoms with Crippen LogP contribution >= 0.6 is 0 Å². The van der Waals surface area contributed by atoms with Gasteiger partial charge in [0.05, 0.1) is 25.0 Å². The van der Waals surface area contributed by atoms with E-state index in [0.29, 0.717) is 30.4 Å². The molecular weight excluding hydrogens is 314 g/mol. The third-order valence-corrected chi connectivity index (χ3v) is 4.23. The van der Waals surface area contributed by atoms with Gasteiger partial charge in [0.25, 0.3) is 0 Å². The molecule has 1 aliphatic rings. The Balaban J connectivity index is 1.68. The minimum absolute atomic E-state index is 0.340. The maximum Gasteiger partial charge on any atom is 0.233 e. The second-order valence-corrected chi connectivity index (χ2v) is 5.71. The summed E-state index contributed by atoms with van der Waals surface area (Å²) in [6, 6.07) is 13.9. The standard InChI is InChI=1S/C19H15N5O/c1-25-19-15(9-20)17(7-8-21-19)24-11-14-10-22-18(23-16(14)12-24)13-5-3-2-4-6-13/h2-8,10H,11-12H2,1H3. The number of hydrogen-bond acceptors (Lipinski definition) is 6. The van der Waals surface area contributed by atoms with Crippen molar-refractivity contribution < 1.29 is 4.74 Å². The number of nitriles is 1. The molecule has 0 saturated heterocycles. The zero-order chi connectivity index (χ0) is 17.2. The summed E-state index contributed by atoms with van der Waals surface area (Å²) in [6.07, 6.45) is 3.52. The number of methoxy groups -OCH3 is 1. The average molecular weight is 329 g/mol. The van der Waals surface area contributed by atoms with E-state index in [9.17, 15) is 5.26 Å². The van der Waals surface area contributed by atoms with Crippen LogP contribution in [0.1, 0.15) is 16.8 Å². The summed E-state index contributed by atoms with van der Waals surface area (Å²) in [5, 5.41) is 9.48. The molecule has 6 heteroatoms.